The summed E-state index contributed by atoms with van der Waals surface area (Å²) in [6.45, 7) is 2.86. The van der Waals surface area contributed by atoms with Crippen molar-refractivity contribution in [3.8, 4) is 18.1 Å². The molecule has 0 aliphatic carbocycles. The van der Waals surface area contributed by atoms with Gasteiger partial charge in [-0.05, 0) is 31.2 Å². The lowest BCUT2D eigenvalue weighted by molar-refractivity contribution is 0.192. The van der Waals surface area contributed by atoms with Gasteiger partial charge in [0.05, 0.1) is 6.61 Å². The molecule has 5 nitrogen and oxygen atoms in total. The van der Waals surface area contributed by atoms with Crippen molar-refractivity contribution in [1.29, 1.82) is 0 Å². The Morgan fingerprint density at radius 2 is 2.16 bits per heavy atom. The molecule has 1 aromatic rings. The number of rotatable bonds is 6. The first-order valence-corrected chi connectivity index (χ1v) is 6.04. The highest BCUT2D eigenvalue weighted by Gasteiger charge is 2.10. The van der Waals surface area contributed by atoms with Gasteiger partial charge >= 0.3 is 6.03 Å². The second-order valence-corrected chi connectivity index (χ2v) is 3.75. The van der Waals surface area contributed by atoms with Crippen molar-refractivity contribution in [1.82, 2.24) is 4.90 Å². The van der Waals surface area contributed by atoms with Crippen LogP contribution in [0.2, 0.25) is 0 Å². The van der Waals surface area contributed by atoms with Crippen LogP contribution >= 0.6 is 0 Å². The Labute approximate surface area is 113 Å². The molecule has 1 aromatic carbocycles. The van der Waals surface area contributed by atoms with E-state index in [1.165, 1.54) is 4.90 Å². The van der Waals surface area contributed by atoms with E-state index in [-0.39, 0.29) is 19.2 Å². The number of benzene rings is 1. The van der Waals surface area contributed by atoms with Crippen molar-refractivity contribution in [2.75, 3.05) is 31.6 Å². The third-order valence-corrected chi connectivity index (χ3v) is 2.47. The van der Waals surface area contributed by atoms with Gasteiger partial charge in [-0.15, -0.1) is 6.42 Å². The van der Waals surface area contributed by atoms with Crippen molar-refractivity contribution < 1.29 is 14.6 Å². The monoisotopic (exact) mass is 262 g/mol. The summed E-state index contributed by atoms with van der Waals surface area (Å²) in [6.07, 6.45) is 5.09. The maximum absolute atomic E-state index is 11.8. The highest BCUT2D eigenvalue weighted by Crippen LogP contribution is 2.15. The number of carbonyl (C=O) groups is 1. The van der Waals surface area contributed by atoms with Crippen LogP contribution in [0, 0.1) is 12.3 Å². The number of terminal acetylenes is 1. The highest BCUT2D eigenvalue weighted by molar-refractivity contribution is 5.89. The number of nitrogens with zero attached hydrogens (tertiary/aromatic N) is 1. The van der Waals surface area contributed by atoms with E-state index in [9.17, 15) is 4.79 Å². The van der Waals surface area contributed by atoms with Gasteiger partial charge in [0.15, 0.2) is 0 Å². The third kappa shape index (κ3) is 4.90. The van der Waals surface area contributed by atoms with E-state index in [1.807, 2.05) is 6.92 Å². The van der Waals surface area contributed by atoms with Crippen molar-refractivity contribution in [3.05, 3.63) is 24.3 Å². The number of carbonyl (C=O) groups excluding carboxylic acids is 1. The van der Waals surface area contributed by atoms with Crippen molar-refractivity contribution >= 4 is 11.7 Å². The average molecular weight is 262 g/mol. The van der Waals surface area contributed by atoms with E-state index in [2.05, 4.69) is 11.2 Å². The molecule has 0 aliphatic heterocycles. The second-order valence-electron chi connectivity index (χ2n) is 3.75. The lowest BCUT2D eigenvalue weighted by Gasteiger charge is -2.20. The highest BCUT2D eigenvalue weighted by atomic mass is 16.5. The molecule has 1 rings (SSSR count). The fourth-order valence-corrected chi connectivity index (χ4v) is 1.49. The zero-order valence-electron chi connectivity index (χ0n) is 10.9. The van der Waals surface area contributed by atoms with Crippen LogP contribution in [-0.4, -0.2) is 42.3 Å². The number of aliphatic hydroxyl groups is 1. The molecule has 2 amide bonds. The second kappa shape index (κ2) is 8.01. The van der Waals surface area contributed by atoms with Gasteiger partial charge in [-0.2, -0.15) is 0 Å². The van der Waals surface area contributed by atoms with Gasteiger partial charge in [0, 0.05) is 18.8 Å². The van der Waals surface area contributed by atoms with Crippen LogP contribution in [0.15, 0.2) is 24.3 Å². The van der Waals surface area contributed by atoms with Gasteiger partial charge in [-0.1, -0.05) is 5.92 Å². The van der Waals surface area contributed by atoms with Crippen LogP contribution in [-0.2, 0) is 0 Å². The standard InChI is InChI=1S/C14H18N2O3/c1-3-11-19-13-7-5-12(6-8-13)15-14(18)16(4-2)9-10-17/h1,5-8,17H,4,9-11H2,2H3,(H,15,18). The molecule has 2 N–H and O–H groups in total. The summed E-state index contributed by atoms with van der Waals surface area (Å²) < 4.78 is 5.23. The summed E-state index contributed by atoms with van der Waals surface area (Å²) in [5, 5.41) is 11.6. The smallest absolute Gasteiger partial charge is 0.321 e. The quantitative estimate of drug-likeness (QED) is 0.764. The lowest BCUT2D eigenvalue weighted by atomic mass is 10.3. The third-order valence-electron chi connectivity index (χ3n) is 2.47. The Kier molecular flexibility index (Phi) is 6.27. The van der Waals surface area contributed by atoms with Gasteiger partial charge in [0.1, 0.15) is 12.4 Å². The van der Waals surface area contributed by atoms with Gasteiger partial charge in [-0.3, -0.25) is 0 Å². The zero-order chi connectivity index (χ0) is 14.1. The van der Waals surface area contributed by atoms with Crippen LogP contribution in [0.4, 0.5) is 10.5 Å². The molecule has 0 bridgehead atoms. The lowest BCUT2D eigenvalue weighted by Crippen LogP contribution is -2.36. The van der Waals surface area contributed by atoms with E-state index in [1.54, 1.807) is 24.3 Å². The number of likely N-dealkylation sites (N-methyl/N-ethyl adjacent to an activating group) is 1. The summed E-state index contributed by atoms with van der Waals surface area (Å²) in [5.41, 5.74) is 0.662. The number of amides is 2. The van der Waals surface area contributed by atoms with Crippen LogP contribution in [0.3, 0.4) is 0 Å². The van der Waals surface area contributed by atoms with E-state index >= 15 is 0 Å². The maximum Gasteiger partial charge on any atom is 0.321 e. The van der Waals surface area contributed by atoms with Crippen LogP contribution in [0.1, 0.15) is 6.92 Å². The Bertz CT molecular complexity index is 437. The van der Waals surface area contributed by atoms with E-state index in [4.69, 9.17) is 16.3 Å². The fraction of sp³-hybridized carbons (Fsp3) is 0.357. The maximum atomic E-state index is 11.8. The van der Waals surface area contributed by atoms with Gasteiger partial charge in [-0.25, -0.2) is 4.79 Å². The number of nitrogens with one attached hydrogen (secondary N) is 1. The molecule has 0 fully saturated rings. The van der Waals surface area contributed by atoms with E-state index in [0.29, 0.717) is 24.5 Å². The normalized spacial score (nSPS) is 9.53. The summed E-state index contributed by atoms with van der Waals surface area (Å²) >= 11 is 0. The first-order chi connectivity index (χ1) is 9.21. The Morgan fingerprint density at radius 1 is 1.47 bits per heavy atom. The van der Waals surface area contributed by atoms with Gasteiger partial charge in [0.2, 0.25) is 0 Å². The molecule has 0 heterocycles. The topological polar surface area (TPSA) is 61.8 Å². The number of hydrogen-bond donors (Lipinski definition) is 2. The number of ether oxygens (including phenoxy) is 1. The predicted molar refractivity (Wildman–Crippen MR) is 74.1 cm³/mol. The summed E-state index contributed by atoms with van der Waals surface area (Å²) in [6, 6.07) is 6.69. The Hall–Kier alpha value is -2.19. The molecular formula is C14H18N2O3. The number of anilines is 1. The Morgan fingerprint density at radius 3 is 2.68 bits per heavy atom. The molecule has 0 saturated carbocycles. The first-order valence-electron chi connectivity index (χ1n) is 6.04. The number of hydrogen-bond acceptors (Lipinski definition) is 3. The molecule has 0 atom stereocenters. The summed E-state index contributed by atoms with van der Waals surface area (Å²) in [5.74, 6) is 3.03. The minimum Gasteiger partial charge on any atom is -0.481 e. The first kappa shape index (κ1) is 14.9. The molecule has 19 heavy (non-hydrogen) atoms. The molecule has 0 spiro atoms. The molecule has 0 aromatic heterocycles. The minimum absolute atomic E-state index is 0.0554. The van der Waals surface area contributed by atoms with Crippen molar-refractivity contribution in [2.45, 2.75) is 6.92 Å². The Balaban J connectivity index is 2.57. The molecule has 0 saturated heterocycles. The molecule has 0 radical (unpaired) electrons. The van der Waals surface area contributed by atoms with E-state index < -0.39 is 0 Å². The van der Waals surface area contributed by atoms with Crippen LogP contribution in [0.5, 0.6) is 5.75 Å². The van der Waals surface area contributed by atoms with Crippen molar-refractivity contribution in [3.63, 3.8) is 0 Å². The van der Waals surface area contributed by atoms with Crippen LogP contribution < -0.4 is 10.1 Å². The molecule has 5 heteroatoms. The number of urea groups is 1. The predicted octanol–water partition coefficient (Wildman–Crippen LogP) is 1.54. The molecule has 0 aliphatic rings. The summed E-state index contributed by atoms with van der Waals surface area (Å²) in [7, 11) is 0. The fourth-order valence-electron chi connectivity index (χ4n) is 1.49. The largest absolute Gasteiger partial charge is 0.481 e. The molecule has 102 valence electrons. The SMILES string of the molecule is C#CCOc1ccc(NC(=O)N(CC)CCO)cc1. The zero-order valence-corrected chi connectivity index (χ0v) is 10.9. The van der Waals surface area contributed by atoms with Crippen molar-refractivity contribution in [2.24, 2.45) is 0 Å². The van der Waals surface area contributed by atoms with Gasteiger partial charge < -0.3 is 20.1 Å². The van der Waals surface area contributed by atoms with Gasteiger partial charge in [0.25, 0.3) is 0 Å². The average Bonchev–Trinajstić information content (AvgIpc) is 2.43. The summed E-state index contributed by atoms with van der Waals surface area (Å²) in [4.78, 5) is 13.4. The minimum atomic E-state index is -0.242. The number of aliphatic hydroxyl groups excluding tert-OH is 1. The van der Waals surface area contributed by atoms with E-state index in [0.717, 1.165) is 0 Å². The molecule has 0 unspecified atom stereocenters. The molecular weight excluding hydrogens is 244 g/mol. The van der Waals surface area contributed by atoms with Crippen LogP contribution in [0.25, 0.3) is 0 Å².